The SMILES string of the molecule is CCOc1ccc(C(=O)NC(=S)Nc2ccc(Cc3c(C)nn(C)c3C)cc2)cc1Cl. The number of hydrogen-bond acceptors (Lipinski definition) is 4. The van der Waals surface area contributed by atoms with Gasteiger partial charge in [0.25, 0.3) is 5.91 Å². The fourth-order valence-corrected chi connectivity index (χ4v) is 3.68. The van der Waals surface area contributed by atoms with Gasteiger partial charge in [0.05, 0.1) is 17.3 Å². The van der Waals surface area contributed by atoms with Crippen LogP contribution in [0.3, 0.4) is 0 Å². The van der Waals surface area contributed by atoms with Crippen LogP contribution in [0.5, 0.6) is 5.75 Å². The topological polar surface area (TPSA) is 68.2 Å². The summed E-state index contributed by atoms with van der Waals surface area (Å²) in [6.45, 7) is 6.47. The Bertz CT molecular complexity index is 1110. The van der Waals surface area contributed by atoms with Crippen LogP contribution in [0.2, 0.25) is 5.02 Å². The first-order valence-electron chi connectivity index (χ1n) is 9.91. The van der Waals surface area contributed by atoms with Crippen molar-refractivity contribution in [1.82, 2.24) is 15.1 Å². The molecule has 3 aromatic rings. The van der Waals surface area contributed by atoms with Gasteiger partial charge < -0.3 is 10.1 Å². The van der Waals surface area contributed by atoms with Crippen LogP contribution in [-0.2, 0) is 13.5 Å². The van der Waals surface area contributed by atoms with Gasteiger partial charge in [-0.2, -0.15) is 5.10 Å². The van der Waals surface area contributed by atoms with Gasteiger partial charge in [0.1, 0.15) is 5.75 Å². The quantitative estimate of drug-likeness (QED) is 0.521. The number of amides is 1. The monoisotopic (exact) mass is 456 g/mol. The highest BCUT2D eigenvalue weighted by Gasteiger charge is 2.12. The van der Waals surface area contributed by atoms with Gasteiger partial charge >= 0.3 is 0 Å². The van der Waals surface area contributed by atoms with Crippen LogP contribution in [0.25, 0.3) is 0 Å². The van der Waals surface area contributed by atoms with Crippen LogP contribution in [0.1, 0.15) is 39.8 Å². The summed E-state index contributed by atoms with van der Waals surface area (Å²) in [6.07, 6.45) is 0.811. The first-order valence-corrected chi connectivity index (χ1v) is 10.7. The number of ether oxygens (including phenoxy) is 1. The second-order valence-electron chi connectivity index (χ2n) is 7.13. The van der Waals surface area contributed by atoms with Crippen LogP contribution < -0.4 is 15.4 Å². The van der Waals surface area contributed by atoms with Gasteiger partial charge in [0.2, 0.25) is 0 Å². The number of halogens is 1. The van der Waals surface area contributed by atoms with E-state index in [1.165, 1.54) is 11.1 Å². The molecule has 0 aliphatic rings. The van der Waals surface area contributed by atoms with Crippen LogP contribution in [-0.4, -0.2) is 27.4 Å². The molecule has 2 N–H and O–H groups in total. The molecule has 2 aromatic carbocycles. The van der Waals surface area contributed by atoms with Crippen molar-refractivity contribution in [2.45, 2.75) is 27.2 Å². The van der Waals surface area contributed by atoms with Gasteiger partial charge in [-0.1, -0.05) is 23.7 Å². The molecule has 162 valence electrons. The molecule has 3 rings (SSSR count). The summed E-state index contributed by atoms with van der Waals surface area (Å²) in [5.41, 5.74) is 5.80. The predicted molar refractivity (Wildman–Crippen MR) is 128 cm³/mol. The van der Waals surface area contributed by atoms with Crippen LogP contribution in [0.15, 0.2) is 42.5 Å². The molecular weight excluding hydrogens is 432 g/mol. The summed E-state index contributed by atoms with van der Waals surface area (Å²) >= 11 is 11.4. The average Bonchev–Trinajstić information content (AvgIpc) is 2.97. The molecule has 0 saturated heterocycles. The van der Waals surface area contributed by atoms with E-state index in [1.807, 2.05) is 49.8 Å². The van der Waals surface area contributed by atoms with Crippen molar-refractivity contribution in [1.29, 1.82) is 0 Å². The number of rotatable bonds is 6. The lowest BCUT2D eigenvalue weighted by Gasteiger charge is -2.11. The zero-order valence-corrected chi connectivity index (χ0v) is 19.5. The summed E-state index contributed by atoms with van der Waals surface area (Å²) < 4.78 is 7.29. The Balaban J connectivity index is 1.59. The van der Waals surface area contributed by atoms with Crippen molar-refractivity contribution in [2.24, 2.45) is 7.05 Å². The number of nitrogens with zero attached hydrogens (tertiary/aromatic N) is 2. The summed E-state index contributed by atoms with van der Waals surface area (Å²) in [5.74, 6) is 0.194. The van der Waals surface area contributed by atoms with E-state index >= 15 is 0 Å². The number of nitrogens with one attached hydrogen (secondary N) is 2. The van der Waals surface area contributed by atoms with Gasteiger partial charge in [-0.25, -0.2) is 0 Å². The van der Waals surface area contributed by atoms with E-state index in [-0.39, 0.29) is 11.0 Å². The normalized spacial score (nSPS) is 10.6. The lowest BCUT2D eigenvalue weighted by molar-refractivity contribution is 0.0977. The molecule has 1 amide bonds. The highest BCUT2D eigenvalue weighted by atomic mass is 35.5. The molecule has 0 aliphatic heterocycles. The molecule has 1 aromatic heterocycles. The zero-order chi connectivity index (χ0) is 22.5. The fourth-order valence-electron chi connectivity index (χ4n) is 3.24. The average molecular weight is 457 g/mol. The summed E-state index contributed by atoms with van der Waals surface area (Å²) in [4.78, 5) is 12.4. The first kappa shape index (κ1) is 22.8. The predicted octanol–water partition coefficient (Wildman–Crippen LogP) is 4.81. The molecule has 31 heavy (non-hydrogen) atoms. The third kappa shape index (κ3) is 5.62. The zero-order valence-electron chi connectivity index (χ0n) is 18.0. The van der Waals surface area contributed by atoms with Gasteiger partial charge in [0.15, 0.2) is 5.11 Å². The van der Waals surface area contributed by atoms with Crippen molar-refractivity contribution in [3.63, 3.8) is 0 Å². The highest BCUT2D eigenvalue weighted by molar-refractivity contribution is 7.80. The van der Waals surface area contributed by atoms with Crippen molar-refractivity contribution in [2.75, 3.05) is 11.9 Å². The standard InChI is InChI=1S/C23H25ClN4O2S/c1-5-30-21-11-8-17(13-20(21)24)22(29)26-23(31)25-18-9-6-16(7-10-18)12-19-14(2)27-28(4)15(19)3/h6-11,13H,5,12H2,1-4H3,(H2,25,26,29,31). The van der Waals surface area contributed by atoms with Gasteiger partial charge in [-0.3, -0.25) is 14.8 Å². The number of hydrogen-bond donors (Lipinski definition) is 2. The molecular formula is C23H25ClN4O2S. The maximum absolute atomic E-state index is 12.4. The molecule has 0 aliphatic carbocycles. The molecule has 1 heterocycles. The lowest BCUT2D eigenvalue weighted by Crippen LogP contribution is -2.34. The van der Waals surface area contributed by atoms with Crippen molar-refractivity contribution < 1.29 is 9.53 Å². The molecule has 8 heteroatoms. The number of aromatic nitrogens is 2. The van der Waals surface area contributed by atoms with E-state index in [9.17, 15) is 4.79 Å². The Morgan fingerprint density at radius 3 is 2.48 bits per heavy atom. The minimum Gasteiger partial charge on any atom is -0.492 e. The largest absolute Gasteiger partial charge is 0.492 e. The Hall–Kier alpha value is -2.90. The first-order chi connectivity index (χ1) is 14.8. The maximum atomic E-state index is 12.4. The fraction of sp³-hybridized carbons (Fsp3) is 0.261. The third-order valence-corrected chi connectivity index (χ3v) is 5.47. The molecule has 0 bridgehead atoms. The Morgan fingerprint density at radius 1 is 1.19 bits per heavy atom. The van der Waals surface area contributed by atoms with E-state index in [1.54, 1.807) is 18.2 Å². The molecule has 0 fully saturated rings. The number of carbonyl (C=O) groups is 1. The molecule has 0 saturated carbocycles. The number of thiocarbonyl (C=S) groups is 1. The Morgan fingerprint density at radius 2 is 1.90 bits per heavy atom. The molecule has 0 spiro atoms. The van der Waals surface area contributed by atoms with Crippen molar-refractivity contribution >= 4 is 40.5 Å². The summed E-state index contributed by atoms with van der Waals surface area (Å²) in [5, 5.41) is 10.8. The summed E-state index contributed by atoms with van der Waals surface area (Å²) in [6, 6.07) is 12.8. The van der Waals surface area contributed by atoms with Crippen LogP contribution >= 0.6 is 23.8 Å². The van der Waals surface area contributed by atoms with E-state index in [0.29, 0.717) is 22.9 Å². The molecule has 0 radical (unpaired) electrons. The van der Waals surface area contributed by atoms with Crippen LogP contribution in [0.4, 0.5) is 5.69 Å². The minimum atomic E-state index is -0.346. The number of aryl methyl sites for hydroxylation is 2. The minimum absolute atomic E-state index is 0.210. The maximum Gasteiger partial charge on any atom is 0.257 e. The Labute approximate surface area is 192 Å². The van der Waals surface area contributed by atoms with E-state index in [2.05, 4.69) is 22.7 Å². The highest BCUT2D eigenvalue weighted by Crippen LogP contribution is 2.25. The third-order valence-electron chi connectivity index (χ3n) is 4.97. The van der Waals surface area contributed by atoms with E-state index in [4.69, 9.17) is 28.6 Å². The Kier molecular flexibility index (Phi) is 7.30. The second-order valence-corrected chi connectivity index (χ2v) is 7.95. The number of carbonyl (C=O) groups excluding carboxylic acids is 1. The van der Waals surface area contributed by atoms with Crippen molar-refractivity contribution in [3.05, 3.63) is 75.6 Å². The lowest BCUT2D eigenvalue weighted by atomic mass is 10.0. The number of anilines is 1. The van der Waals surface area contributed by atoms with E-state index < -0.39 is 0 Å². The molecule has 0 unspecified atom stereocenters. The van der Waals surface area contributed by atoms with Gasteiger partial charge in [-0.15, -0.1) is 0 Å². The van der Waals surface area contributed by atoms with Crippen molar-refractivity contribution in [3.8, 4) is 5.75 Å². The smallest absolute Gasteiger partial charge is 0.257 e. The second kappa shape index (κ2) is 9.94. The molecule has 0 atom stereocenters. The number of benzene rings is 2. The van der Waals surface area contributed by atoms with Crippen LogP contribution in [0, 0.1) is 13.8 Å². The van der Waals surface area contributed by atoms with Gasteiger partial charge in [0, 0.05) is 36.0 Å². The summed E-state index contributed by atoms with van der Waals surface area (Å²) in [7, 11) is 1.95. The van der Waals surface area contributed by atoms with E-state index in [0.717, 1.165) is 23.5 Å². The molecule has 6 nitrogen and oxygen atoms in total. The van der Waals surface area contributed by atoms with Gasteiger partial charge in [-0.05, 0) is 68.9 Å².